The van der Waals surface area contributed by atoms with Gasteiger partial charge < -0.3 is 20.1 Å². The number of esters is 1. The standard InChI is InChI=1S/C23H26N2O7S/c26-21(24-19-11-12-33(29,30)16-19)15-31-22(27)20(13-17-7-3-1-4-8-17)25-23(28)32-14-18-9-5-2-6-10-18/h1-10,19-20H,11-16H2,(H,24,26)(H,25,28). The number of carbonyl (C=O) groups excluding carboxylic acids is 3. The molecule has 0 spiro atoms. The number of rotatable bonds is 9. The maximum atomic E-state index is 12.6. The summed E-state index contributed by atoms with van der Waals surface area (Å²) in [4.78, 5) is 37.0. The van der Waals surface area contributed by atoms with E-state index in [-0.39, 0.29) is 24.5 Å². The van der Waals surface area contributed by atoms with E-state index < -0.39 is 46.5 Å². The normalized spacial score (nSPS) is 17.5. The second-order valence-corrected chi connectivity index (χ2v) is 9.95. The fourth-order valence-corrected chi connectivity index (χ4v) is 5.04. The molecule has 1 fully saturated rings. The Morgan fingerprint density at radius 1 is 0.939 bits per heavy atom. The summed E-state index contributed by atoms with van der Waals surface area (Å²) >= 11 is 0. The van der Waals surface area contributed by atoms with Crippen LogP contribution < -0.4 is 10.6 Å². The van der Waals surface area contributed by atoms with Gasteiger partial charge in [0.25, 0.3) is 5.91 Å². The van der Waals surface area contributed by atoms with Crippen LogP contribution in [0.15, 0.2) is 60.7 Å². The molecule has 176 valence electrons. The molecule has 2 N–H and O–H groups in total. The first kappa shape index (κ1) is 24.2. The topological polar surface area (TPSA) is 128 Å². The lowest BCUT2D eigenvalue weighted by molar-refractivity contribution is -0.150. The molecule has 0 aromatic heterocycles. The maximum absolute atomic E-state index is 12.6. The summed E-state index contributed by atoms with van der Waals surface area (Å²) in [6.45, 7) is -0.548. The van der Waals surface area contributed by atoms with Crippen LogP contribution in [0.25, 0.3) is 0 Å². The van der Waals surface area contributed by atoms with Gasteiger partial charge in [-0.25, -0.2) is 18.0 Å². The van der Waals surface area contributed by atoms with Crippen LogP contribution in [0.3, 0.4) is 0 Å². The van der Waals surface area contributed by atoms with E-state index in [9.17, 15) is 22.8 Å². The Kier molecular flexibility index (Phi) is 8.42. The van der Waals surface area contributed by atoms with E-state index in [0.717, 1.165) is 11.1 Å². The number of sulfone groups is 1. The van der Waals surface area contributed by atoms with Crippen molar-refractivity contribution in [2.45, 2.75) is 31.5 Å². The van der Waals surface area contributed by atoms with E-state index in [0.29, 0.717) is 6.42 Å². The van der Waals surface area contributed by atoms with Crippen molar-refractivity contribution in [1.82, 2.24) is 10.6 Å². The third-order valence-corrected chi connectivity index (χ3v) is 6.78. The van der Waals surface area contributed by atoms with Crippen LogP contribution >= 0.6 is 0 Å². The van der Waals surface area contributed by atoms with Gasteiger partial charge in [-0.15, -0.1) is 0 Å². The number of hydrogen-bond acceptors (Lipinski definition) is 7. The largest absolute Gasteiger partial charge is 0.454 e. The number of hydrogen-bond donors (Lipinski definition) is 2. The van der Waals surface area contributed by atoms with Gasteiger partial charge in [0.15, 0.2) is 16.4 Å². The number of benzene rings is 2. The Bertz CT molecular complexity index is 1060. The first-order chi connectivity index (χ1) is 15.8. The number of alkyl carbamates (subject to hydrolysis) is 1. The summed E-state index contributed by atoms with van der Waals surface area (Å²) in [5.41, 5.74) is 1.57. The molecule has 0 radical (unpaired) electrons. The summed E-state index contributed by atoms with van der Waals surface area (Å²) in [6, 6.07) is 16.5. The molecular weight excluding hydrogens is 448 g/mol. The number of carbonyl (C=O) groups is 3. The Morgan fingerprint density at radius 2 is 1.58 bits per heavy atom. The Hall–Kier alpha value is -3.40. The summed E-state index contributed by atoms with van der Waals surface area (Å²) in [7, 11) is -3.14. The van der Waals surface area contributed by atoms with E-state index in [2.05, 4.69) is 10.6 Å². The SMILES string of the molecule is O=C(COC(=O)C(Cc1ccccc1)NC(=O)OCc1ccccc1)NC1CCS(=O)(=O)C1. The molecule has 1 heterocycles. The van der Waals surface area contributed by atoms with Gasteiger partial charge >= 0.3 is 12.1 Å². The van der Waals surface area contributed by atoms with Crippen molar-refractivity contribution in [3.8, 4) is 0 Å². The zero-order valence-corrected chi connectivity index (χ0v) is 18.8. The number of ether oxygens (including phenoxy) is 2. The number of amides is 2. The zero-order valence-electron chi connectivity index (χ0n) is 17.9. The third-order valence-electron chi connectivity index (χ3n) is 5.02. The molecule has 9 nitrogen and oxygen atoms in total. The molecule has 1 aliphatic rings. The van der Waals surface area contributed by atoms with Gasteiger partial charge in [0, 0.05) is 12.5 Å². The average molecular weight is 475 g/mol. The highest BCUT2D eigenvalue weighted by Crippen LogP contribution is 2.11. The molecule has 0 bridgehead atoms. The maximum Gasteiger partial charge on any atom is 0.408 e. The highest BCUT2D eigenvalue weighted by molar-refractivity contribution is 7.91. The van der Waals surface area contributed by atoms with Crippen LogP contribution in [-0.2, 0) is 41.9 Å². The molecule has 3 rings (SSSR count). The van der Waals surface area contributed by atoms with E-state index in [1.807, 2.05) is 24.3 Å². The predicted molar refractivity (Wildman–Crippen MR) is 120 cm³/mol. The molecule has 0 saturated carbocycles. The van der Waals surface area contributed by atoms with Crippen LogP contribution in [0.5, 0.6) is 0 Å². The highest BCUT2D eigenvalue weighted by atomic mass is 32.2. The lowest BCUT2D eigenvalue weighted by Gasteiger charge is -2.18. The monoisotopic (exact) mass is 474 g/mol. The molecule has 33 heavy (non-hydrogen) atoms. The molecule has 10 heteroatoms. The predicted octanol–water partition coefficient (Wildman–Crippen LogP) is 1.37. The van der Waals surface area contributed by atoms with Crippen molar-refractivity contribution >= 4 is 27.8 Å². The molecule has 1 aliphatic heterocycles. The summed E-state index contributed by atoms with van der Waals surface area (Å²) in [5.74, 6) is -1.51. The van der Waals surface area contributed by atoms with Crippen LogP contribution in [0.4, 0.5) is 4.79 Å². The molecule has 2 aromatic carbocycles. The van der Waals surface area contributed by atoms with Gasteiger partial charge in [0.1, 0.15) is 12.6 Å². The van der Waals surface area contributed by atoms with E-state index in [1.54, 1.807) is 36.4 Å². The van der Waals surface area contributed by atoms with Crippen molar-refractivity contribution in [2.75, 3.05) is 18.1 Å². The Morgan fingerprint density at radius 3 is 2.18 bits per heavy atom. The van der Waals surface area contributed by atoms with Gasteiger partial charge in [-0.2, -0.15) is 0 Å². The first-order valence-corrected chi connectivity index (χ1v) is 12.3. The lowest BCUT2D eigenvalue weighted by Crippen LogP contribution is -2.45. The second-order valence-electron chi connectivity index (χ2n) is 7.72. The quantitative estimate of drug-likeness (QED) is 0.526. The van der Waals surface area contributed by atoms with Crippen molar-refractivity contribution in [3.05, 3.63) is 71.8 Å². The van der Waals surface area contributed by atoms with Crippen molar-refractivity contribution in [3.63, 3.8) is 0 Å². The Labute approximate surface area is 192 Å². The minimum atomic E-state index is -3.14. The molecular formula is C23H26N2O7S. The van der Waals surface area contributed by atoms with Crippen molar-refractivity contribution < 1.29 is 32.3 Å². The minimum absolute atomic E-state index is 0.0197. The molecule has 2 aromatic rings. The molecule has 2 atom stereocenters. The van der Waals surface area contributed by atoms with Gasteiger partial charge in [-0.3, -0.25) is 4.79 Å². The second kappa shape index (κ2) is 11.5. The fourth-order valence-electron chi connectivity index (χ4n) is 3.37. The molecule has 2 amide bonds. The first-order valence-electron chi connectivity index (χ1n) is 10.5. The van der Waals surface area contributed by atoms with Gasteiger partial charge in [-0.1, -0.05) is 60.7 Å². The highest BCUT2D eigenvalue weighted by Gasteiger charge is 2.30. The lowest BCUT2D eigenvalue weighted by atomic mass is 10.1. The molecule has 2 unspecified atom stereocenters. The average Bonchev–Trinajstić information content (AvgIpc) is 3.15. The van der Waals surface area contributed by atoms with E-state index in [1.165, 1.54) is 0 Å². The van der Waals surface area contributed by atoms with Gasteiger partial charge in [0.2, 0.25) is 0 Å². The summed E-state index contributed by atoms with van der Waals surface area (Å²) in [5, 5.41) is 5.05. The summed E-state index contributed by atoms with van der Waals surface area (Å²) < 4.78 is 33.3. The van der Waals surface area contributed by atoms with Crippen LogP contribution in [0, 0.1) is 0 Å². The fraction of sp³-hybridized carbons (Fsp3) is 0.348. The van der Waals surface area contributed by atoms with Crippen molar-refractivity contribution in [1.29, 1.82) is 0 Å². The van der Waals surface area contributed by atoms with Gasteiger partial charge in [-0.05, 0) is 17.5 Å². The summed E-state index contributed by atoms with van der Waals surface area (Å²) in [6.07, 6.45) is -0.326. The zero-order chi connectivity index (χ0) is 23.7. The van der Waals surface area contributed by atoms with Crippen LogP contribution in [0.2, 0.25) is 0 Å². The smallest absolute Gasteiger partial charge is 0.408 e. The van der Waals surface area contributed by atoms with E-state index >= 15 is 0 Å². The van der Waals surface area contributed by atoms with Crippen LogP contribution in [-0.4, -0.2) is 56.6 Å². The van der Waals surface area contributed by atoms with Gasteiger partial charge in [0.05, 0.1) is 11.5 Å². The Balaban J connectivity index is 1.54. The molecule has 1 saturated heterocycles. The molecule has 0 aliphatic carbocycles. The third kappa shape index (κ3) is 8.23. The van der Waals surface area contributed by atoms with Crippen molar-refractivity contribution in [2.24, 2.45) is 0 Å². The van der Waals surface area contributed by atoms with Crippen LogP contribution in [0.1, 0.15) is 17.5 Å². The van der Waals surface area contributed by atoms with E-state index in [4.69, 9.17) is 9.47 Å². The minimum Gasteiger partial charge on any atom is -0.454 e. The number of nitrogens with one attached hydrogen (secondary N) is 2.